The molecule has 29 heavy (non-hydrogen) atoms. The van der Waals surface area contributed by atoms with E-state index in [1.807, 2.05) is 19.1 Å². The number of carbonyl (C=O) groups is 1. The Kier molecular flexibility index (Phi) is 6.41. The van der Waals surface area contributed by atoms with Crippen molar-refractivity contribution in [2.45, 2.75) is 24.3 Å². The van der Waals surface area contributed by atoms with Crippen LogP contribution in [0.3, 0.4) is 0 Å². The maximum Gasteiger partial charge on any atom is 0.271 e. The van der Waals surface area contributed by atoms with Gasteiger partial charge in [-0.25, -0.2) is 0 Å². The van der Waals surface area contributed by atoms with Gasteiger partial charge in [0, 0.05) is 17.2 Å². The van der Waals surface area contributed by atoms with Crippen LogP contribution in [0.4, 0.5) is 11.4 Å². The quantitative estimate of drug-likeness (QED) is 0.324. The highest BCUT2D eigenvalue weighted by molar-refractivity contribution is 8.00. The standard InChI is InChI=1S/C18H15Cl2N5O3S/c1-10-3-4-12(7-14(10)19)24-9-21-23-18(24)29-11(2)17(26)22-16-6-5-13(25(27)28)8-15(16)20/h3-9,11H,1-2H3,(H,22,26). The van der Waals surface area contributed by atoms with Crippen LogP contribution in [0.2, 0.25) is 10.0 Å². The molecule has 8 nitrogen and oxygen atoms in total. The number of thioether (sulfide) groups is 1. The summed E-state index contributed by atoms with van der Waals surface area (Å²) in [5.41, 5.74) is 1.87. The molecule has 0 aliphatic carbocycles. The van der Waals surface area contributed by atoms with Gasteiger partial charge in [-0.15, -0.1) is 10.2 Å². The summed E-state index contributed by atoms with van der Waals surface area (Å²) in [5.74, 6) is -0.331. The number of hydrogen-bond donors (Lipinski definition) is 1. The Morgan fingerprint density at radius 2 is 2.00 bits per heavy atom. The van der Waals surface area contributed by atoms with E-state index in [0.29, 0.717) is 15.9 Å². The number of nitro benzene ring substituents is 1. The van der Waals surface area contributed by atoms with Crippen molar-refractivity contribution < 1.29 is 9.72 Å². The Balaban J connectivity index is 1.73. The van der Waals surface area contributed by atoms with Gasteiger partial charge >= 0.3 is 0 Å². The Morgan fingerprint density at radius 1 is 1.24 bits per heavy atom. The molecule has 11 heteroatoms. The second-order valence-electron chi connectivity index (χ2n) is 6.09. The molecule has 1 atom stereocenters. The summed E-state index contributed by atoms with van der Waals surface area (Å²) in [6.45, 7) is 3.62. The van der Waals surface area contributed by atoms with Gasteiger partial charge in [0.1, 0.15) is 6.33 Å². The van der Waals surface area contributed by atoms with Crippen molar-refractivity contribution >= 4 is 52.2 Å². The molecule has 0 aliphatic heterocycles. The fraction of sp³-hybridized carbons (Fsp3) is 0.167. The topological polar surface area (TPSA) is 103 Å². The molecule has 2 aromatic carbocycles. The van der Waals surface area contributed by atoms with Crippen molar-refractivity contribution in [3.63, 3.8) is 0 Å². The predicted octanol–water partition coefficient (Wildman–Crippen LogP) is 4.91. The van der Waals surface area contributed by atoms with Crippen molar-refractivity contribution in [2.24, 2.45) is 0 Å². The van der Waals surface area contributed by atoms with E-state index in [9.17, 15) is 14.9 Å². The summed E-state index contributed by atoms with van der Waals surface area (Å²) in [4.78, 5) is 22.8. The summed E-state index contributed by atoms with van der Waals surface area (Å²) in [6, 6.07) is 9.43. The molecule has 0 spiro atoms. The van der Waals surface area contributed by atoms with Crippen molar-refractivity contribution in [2.75, 3.05) is 5.32 Å². The zero-order valence-corrected chi connectivity index (χ0v) is 17.6. The molecule has 1 heterocycles. The van der Waals surface area contributed by atoms with Crippen molar-refractivity contribution in [1.82, 2.24) is 14.8 Å². The van der Waals surface area contributed by atoms with Crippen LogP contribution in [0.1, 0.15) is 12.5 Å². The molecule has 3 rings (SSSR count). The largest absolute Gasteiger partial charge is 0.324 e. The normalized spacial score (nSPS) is 11.9. The maximum atomic E-state index is 12.6. The molecule has 1 N–H and O–H groups in total. The Hall–Kier alpha value is -2.62. The van der Waals surface area contributed by atoms with Gasteiger partial charge in [-0.05, 0) is 37.6 Å². The lowest BCUT2D eigenvalue weighted by atomic mass is 10.2. The minimum absolute atomic E-state index is 0.0854. The van der Waals surface area contributed by atoms with E-state index < -0.39 is 10.2 Å². The molecule has 0 saturated heterocycles. The minimum atomic E-state index is -0.555. The lowest BCUT2D eigenvalue weighted by Crippen LogP contribution is -2.23. The monoisotopic (exact) mass is 451 g/mol. The van der Waals surface area contributed by atoms with Crippen LogP contribution in [0.15, 0.2) is 47.9 Å². The number of nitrogens with zero attached hydrogens (tertiary/aromatic N) is 4. The number of nitro groups is 1. The van der Waals surface area contributed by atoms with Crippen molar-refractivity contribution in [3.8, 4) is 5.69 Å². The zero-order valence-electron chi connectivity index (χ0n) is 15.3. The number of halogens is 2. The molecule has 0 aliphatic rings. The minimum Gasteiger partial charge on any atom is -0.324 e. The summed E-state index contributed by atoms with van der Waals surface area (Å²) in [7, 11) is 0. The third-order valence-electron chi connectivity index (χ3n) is 4.02. The van der Waals surface area contributed by atoms with Gasteiger partial charge in [-0.3, -0.25) is 19.5 Å². The Morgan fingerprint density at radius 3 is 2.66 bits per heavy atom. The van der Waals surface area contributed by atoms with Crippen LogP contribution >= 0.6 is 35.0 Å². The smallest absolute Gasteiger partial charge is 0.271 e. The zero-order chi connectivity index (χ0) is 21.1. The summed E-state index contributed by atoms with van der Waals surface area (Å²) in [5, 5.41) is 22.1. The highest BCUT2D eigenvalue weighted by atomic mass is 35.5. The van der Waals surface area contributed by atoms with Crippen molar-refractivity contribution in [3.05, 3.63) is 68.4 Å². The molecular formula is C18H15Cl2N5O3S. The van der Waals surface area contributed by atoms with Gasteiger partial charge in [0.25, 0.3) is 5.69 Å². The molecule has 1 unspecified atom stereocenters. The average Bonchev–Trinajstić information content (AvgIpc) is 3.13. The highest BCUT2D eigenvalue weighted by Gasteiger charge is 2.20. The highest BCUT2D eigenvalue weighted by Crippen LogP contribution is 2.29. The second kappa shape index (κ2) is 8.81. The van der Waals surface area contributed by atoms with E-state index in [0.717, 1.165) is 11.3 Å². The van der Waals surface area contributed by atoms with Crippen LogP contribution in [0, 0.1) is 17.0 Å². The van der Waals surface area contributed by atoms with E-state index in [1.54, 1.807) is 23.9 Å². The number of benzene rings is 2. The first kappa shape index (κ1) is 21.1. The number of hydrogen-bond acceptors (Lipinski definition) is 6. The summed E-state index contributed by atoms with van der Waals surface area (Å²) < 4.78 is 1.73. The number of carbonyl (C=O) groups excluding carboxylic acids is 1. The maximum absolute atomic E-state index is 12.6. The fourth-order valence-electron chi connectivity index (χ4n) is 2.38. The van der Waals surface area contributed by atoms with E-state index in [2.05, 4.69) is 15.5 Å². The fourth-order valence-corrected chi connectivity index (χ4v) is 3.62. The van der Waals surface area contributed by atoms with Gasteiger partial charge < -0.3 is 5.32 Å². The van der Waals surface area contributed by atoms with E-state index in [4.69, 9.17) is 23.2 Å². The molecule has 0 saturated carbocycles. The molecule has 0 radical (unpaired) electrons. The molecular weight excluding hydrogens is 437 g/mol. The van der Waals surface area contributed by atoms with Gasteiger partial charge in [0.15, 0.2) is 5.16 Å². The first-order chi connectivity index (χ1) is 13.8. The van der Waals surface area contributed by atoms with Gasteiger partial charge in [0.05, 0.1) is 26.6 Å². The summed E-state index contributed by atoms with van der Waals surface area (Å²) >= 11 is 13.4. The molecule has 1 amide bonds. The summed E-state index contributed by atoms with van der Waals surface area (Å²) in [6.07, 6.45) is 1.54. The van der Waals surface area contributed by atoms with Gasteiger partial charge in [-0.2, -0.15) is 0 Å². The van der Waals surface area contributed by atoms with Crippen LogP contribution in [0.5, 0.6) is 0 Å². The third kappa shape index (κ3) is 4.87. The van der Waals surface area contributed by atoms with Crippen LogP contribution < -0.4 is 5.32 Å². The van der Waals surface area contributed by atoms with Gasteiger partial charge in [-0.1, -0.05) is 41.0 Å². The number of aryl methyl sites for hydroxylation is 1. The number of non-ortho nitro benzene ring substituents is 1. The molecule has 150 valence electrons. The van der Waals surface area contributed by atoms with E-state index >= 15 is 0 Å². The molecule has 3 aromatic rings. The predicted molar refractivity (Wildman–Crippen MR) is 113 cm³/mol. The molecule has 1 aromatic heterocycles. The number of rotatable bonds is 6. The first-order valence-electron chi connectivity index (χ1n) is 8.34. The Bertz CT molecular complexity index is 1090. The van der Waals surface area contributed by atoms with Crippen LogP contribution in [0.25, 0.3) is 5.69 Å². The lowest BCUT2D eigenvalue weighted by molar-refractivity contribution is -0.384. The van der Waals surface area contributed by atoms with Gasteiger partial charge in [0.2, 0.25) is 5.91 Å². The Labute approximate surface area is 180 Å². The van der Waals surface area contributed by atoms with E-state index in [1.165, 1.54) is 30.0 Å². The number of aromatic nitrogens is 3. The number of anilines is 1. The molecule has 0 fully saturated rings. The first-order valence-corrected chi connectivity index (χ1v) is 9.98. The van der Waals surface area contributed by atoms with E-state index in [-0.39, 0.29) is 16.6 Å². The number of amides is 1. The SMILES string of the molecule is Cc1ccc(-n2cnnc2SC(C)C(=O)Nc2ccc([N+](=O)[O-])cc2Cl)cc1Cl. The van der Waals surface area contributed by atoms with Crippen LogP contribution in [-0.4, -0.2) is 30.8 Å². The van der Waals surface area contributed by atoms with Crippen LogP contribution in [-0.2, 0) is 4.79 Å². The average molecular weight is 452 g/mol. The second-order valence-corrected chi connectivity index (χ2v) is 8.21. The molecule has 0 bridgehead atoms. The number of nitrogens with one attached hydrogen (secondary N) is 1. The third-order valence-corrected chi connectivity index (χ3v) is 5.80. The lowest BCUT2D eigenvalue weighted by Gasteiger charge is -2.13. The van der Waals surface area contributed by atoms with Crippen molar-refractivity contribution in [1.29, 1.82) is 0 Å².